The Kier molecular flexibility index (Phi) is 16.8. The number of carbonyl (C=O) groups excluding carboxylic acids is 2. The van der Waals surface area contributed by atoms with Gasteiger partial charge in [-0.2, -0.15) is 0 Å². The average Bonchev–Trinajstić information content (AvgIpc) is 2.63. The van der Waals surface area contributed by atoms with Crippen LogP contribution in [0.15, 0.2) is 0 Å². The van der Waals surface area contributed by atoms with Gasteiger partial charge in [0.25, 0.3) is 0 Å². The molecule has 0 aromatic carbocycles. The van der Waals surface area contributed by atoms with Crippen LogP contribution in [0.3, 0.4) is 0 Å². The van der Waals surface area contributed by atoms with Gasteiger partial charge in [0.1, 0.15) is 11.7 Å². The Hall–Kier alpha value is -1.26. The molecule has 0 rings (SSSR count). The van der Waals surface area contributed by atoms with E-state index in [1.165, 1.54) is 38.5 Å². The van der Waals surface area contributed by atoms with Gasteiger partial charge in [0.2, 0.25) is 0 Å². The Balaban J connectivity index is 3.95. The standard InChI is InChI=1S/C24H47NO4/c1-6-8-10-13-17-21(18-14-11-9-7-2)28-22(26)19-15-12-16-20-25-23(27)29-24(3,4)5/h21H,6-20H2,1-5H3,(H,25,27). The first-order valence-corrected chi connectivity index (χ1v) is 11.9. The van der Waals surface area contributed by atoms with Gasteiger partial charge in [-0.1, -0.05) is 58.8 Å². The van der Waals surface area contributed by atoms with E-state index in [1.54, 1.807) is 0 Å². The van der Waals surface area contributed by atoms with Gasteiger partial charge in [-0.15, -0.1) is 0 Å². The first-order valence-electron chi connectivity index (χ1n) is 11.9. The lowest BCUT2D eigenvalue weighted by Gasteiger charge is -2.19. The second kappa shape index (κ2) is 17.6. The third kappa shape index (κ3) is 19.8. The van der Waals surface area contributed by atoms with Crippen molar-refractivity contribution < 1.29 is 19.1 Å². The lowest BCUT2D eigenvalue weighted by molar-refractivity contribution is -0.150. The van der Waals surface area contributed by atoms with Gasteiger partial charge >= 0.3 is 12.1 Å². The fourth-order valence-corrected chi connectivity index (χ4v) is 3.18. The van der Waals surface area contributed by atoms with Crippen LogP contribution in [0.5, 0.6) is 0 Å². The Morgan fingerprint density at radius 1 is 0.793 bits per heavy atom. The van der Waals surface area contributed by atoms with Crippen molar-refractivity contribution >= 4 is 12.1 Å². The number of esters is 1. The molecule has 0 saturated carbocycles. The minimum atomic E-state index is -0.475. The predicted octanol–water partition coefficient (Wildman–Crippen LogP) is 6.92. The minimum absolute atomic E-state index is 0.0684. The molecule has 0 aliphatic heterocycles. The van der Waals surface area contributed by atoms with E-state index in [4.69, 9.17) is 9.47 Å². The van der Waals surface area contributed by atoms with Crippen LogP contribution < -0.4 is 5.32 Å². The van der Waals surface area contributed by atoms with Crippen molar-refractivity contribution in [3.05, 3.63) is 0 Å². The van der Waals surface area contributed by atoms with Gasteiger partial charge in [0.15, 0.2) is 0 Å². The smallest absolute Gasteiger partial charge is 0.407 e. The maximum Gasteiger partial charge on any atom is 0.407 e. The van der Waals surface area contributed by atoms with Crippen LogP contribution in [0.2, 0.25) is 0 Å². The monoisotopic (exact) mass is 413 g/mol. The number of carbonyl (C=O) groups is 2. The SMILES string of the molecule is CCCCCCC(CCCCCC)OC(=O)CCCCCNC(=O)OC(C)(C)C. The second-order valence-electron chi connectivity index (χ2n) is 9.05. The van der Waals surface area contributed by atoms with Crippen molar-refractivity contribution in [3.8, 4) is 0 Å². The third-order valence-corrected chi connectivity index (χ3v) is 4.78. The number of hydrogen-bond donors (Lipinski definition) is 1. The fraction of sp³-hybridized carbons (Fsp3) is 0.917. The summed E-state index contributed by atoms with van der Waals surface area (Å²) >= 11 is 0. The zero-order valence-corrected chi connectivity index (χ0v) is 19.8. The van der Waals surface area contributed by atoms with Crippen molar-refractivity contribution in [1.82, 2.24) is 5.32 Å². The van der Waals surface area contributed by atoms with E-state index >= 15 is 0 Å². The molecule has 0 aliphatic rings. The topological polar surface area (TPSA) is 64.6 Å². The molecule has 0 unspecified atom stereocenters. The molecule has 1 N–H and O–H groups in total. The highest BCUT2D eigenvalue weighted by Gasteiger charge is 2.16. The van der Waals surface area contributed by atoms with Crippen LogP contribution in [-0.2, 0) is 14.3 Å². The molecule has 0 aromatic heterocycles. The number of ether oxygens (including phenoxy) is 2. The van der Waals surface area contributed by atoms with E-state index in [-0.39, 0.29) is 18.2 Å². The Morgan fingerprint density at radius 2 is 1.34 bits per heavy atom. The lowest BCUT2D eigenvalue weighted by Crippen LogP contribution is -2.33. The van der Waals surface area contributed by atoms with E-state index in [0.717, 1.165) is 44.9 Å². The van der Waals surface area contributed by atoms with E-state index in [1.807, 2.05) is 20.8 Å². The summed E-state index contributed by atoms with van der Waals surface area (Å²) in [5.41, 5.74) is -0.475. The van der Waals surface area contributed by atoms with Gasteiger partial charge in [-0.3, -0.25) is 4.79 Å². The van der Waals surface area contributed by atoms with E-state index in [2.05, 4.69) is 19.2 Å². The average molecular weight is 414 g/mol. The van der Waals surface area contributed by atoms with Crippen molar-refractivity contribution in [3.63, 3.8) is 0 Å². The number of unbranched alkanes of at least 4 members (excludes halogenated alkanes) is 8. The highest BCUT2D eigenvalue weighted by atomic mass is 16.6. The zero-order chi connectivity index (χ0) is 22.0. The number of hydrogen-bond acceptors (Lipinski definition) is 4. The largest absolute Gasteiger partial charge is 0.462 e. The van der Waals surface area contributed by atoms with E-state index in [9.17, 15) is 9.59 Å². The molecule has 0 saturated heterocycles. The summed E-state index contributed by atoms with van der Waals surface area (Å²) in [7, 11) is 0. The summed E-state index contributed by atoms with van der Waals surface area (Å²) < 4.78 is 11.0. The number of nitrogens with one attached hydrogen (secondary N) is 1. The summed E-state index contributed by atoms with van der Waals surface area (Å²) in [4.78, 5) is 23.8. The first kappa shape index (κ1) is 27.7. The molecule has 0 heterocycles. The van der Waals surface area contributed by atoms with Crippen LogP contribution in [0, 0.1) is 0 Å². The number of alkyl carbamates (subject to hydrolysis) is 1. The highest BCUT2D eigenvalue weighted by molar-refractivity contribution is 5.69. The first-order chi connectivity index (χ1) is 13.8. The van der Waals surface area contributed by atoms with Gasteiger partial charge in [0, 0.05) is 13.0 Å². The minimum Gasteiger partial charge on any atom is -0.462 e. The second-order valence-corrected chi connectivity index (χ2v) is 9.05. The molecular weight excluding hydrogens is 366 g/mol. The molecule has 0 aliphatic carbocycles. The number of rotatable bonds is 17. The van der Waals surface area contributed by atoms with Crippen molar-refractivity contribution in [1.29, 1.82) is 0 Å². The summed E-state index contributed by atoms with van der Waals surface area (Å²) in [5.74, 6) is -0.0684. The molecule has 0 atom stereocenters. The molecule has 172 valence electrons. The Labute approximate surface area is 179 Å². The normalized spacial score (nSPS) is 11.5. The Morgan fingerprint density at radius 3 is 1.86 bits per heavy atom. The van der Waals surface area contributed by atoms with Crippen molar-refractivity contribution in [2.24, 2.45) is 0 Å². The van der Waals surface area contributed by atoms with Crippen molar-refractivity contribution in [2.75, 3.05) is 6.54 Å². The maximum absolute atomic E-state index is 12.2. The molecule has 5 heteroatoms. The quantitative estimate of drug-likeness (QED) is 0.207. The van der Waals surface area contributed by atoms with Gasteiger partial charge in [0.05, 0.1) is 0 Å². The van der Waals surface area contributed by atoms with Crippen LogP contribution in [-0.4, -0.2) is 30.3 Å². The van der Waals surface area contributed by atoms with E-state index < -0.39 is 5.60 Å². The van der Waals surface area contributed by atoms with Gasteiger partial charge < -0.3 is 14.8 Å². The molecule has 0 fully saturated rings. The maximum atomic E-state index is 12.2. The lowest BCUT2D eigenvalue weighted by atomic mass is 10.0. The zero-order valence-electron chi connectivity index (χ0n) is 19.8. The van der Waals surface area contributed by atoms with Crippen LogP contribution >= 0.6 is 0 Å². The summed E-state index contributed by atoms with van der Waals surface area (Å²) in [6, 6.07) is 0. The molecular formula is C24H47NO4. The number of amides is 1. The van der Waals surface area contributed by atoms with Crippen LogP contribution in [0.25, 0.3) is 0 Å². The molecule has 0 radical (unpaired) electrons. The molecule has 1 amide bonds. The molecule has 29 heavy (non-hydrogen) atoms. The molecule has 0 spiro atoms. The third-order valence-electron chi connectivity index (χ3n) is 4.78. The van der Waals surface area contributed by atoms with Gasteiger partial charge in [-0.25, -0.2) is 4.79 Å². The van der Waals surface area contributed by atoms with Gasteiger partial charge in [-0.05, 0) is 59.3 Å². The summed E-state index contributed by atoms with van der Waals surface area (Å²) in [5, 5.41) is 2.75. The predicted molar refractivity (Wildman–Crippen MR) is 120 cm³/mol. The fourth-order valence-electron chi connectivity index (χ4n) is 3.18. The Bertz CT molecular complexity index is 406. The highest BCUT2D eigenvalue weighted by Crippen LogP contribution is 2.17. The summed E-state index contributed by atoms with van der Waals surface area (Å²) in [6.45, 7) is 10.5. The van der Waals surface area contributed by atoms with Crippen LogP contribution in [0.1, 0.15) is 125 Å². The molecule has 5 nitrogen and oxygen atoms in total. The molecule has 0 bridgehead atoms. The van der Waals surface area contributed by atoms with E-state index in [0.29, 0.717) is 13.0 Å². The van der Waals surface area contributed by atoms with Crippen molar-refractivity contribution in [2.45, 2.75) is 136 Å². The summed E-state index contributed by atoms with van der Waals surface area (Å²) in [6.07, 6.45) is 14.4. The van der Waals surface area contributed by atoms with Crippen LogP contribution in [0.4, 0.5) is 4.79 Å². The molecule has 0 aromatic rings.